The van der Waals surface area contributed by atoms with Gasteiger partial charge in [-0.15, -0.1) is 0 Å². The smallest absolute Gasteiger partial charge is 0.335 e. The Morgan fingerprint density at radius 3 is 2.19 bits per heavy atom. The lowest BCUT2D eigenvalue weighted by Gasteiger charge is -2.14. The molecule has 0 fully saturated rings. The van der Waals surface area contributed by atoms with Crippen LogP contribution in [0.4, 0.5) is 0 Å². The van der Waals surface area contributed by atoms with E-state index in [-0.39, 0.29) is 17.8 Å². The standard InChI is InChI=1S/C22H22BrN3O6/c1-12(24-11-13-9-16(30-2)19(32-4)17(10-13)31-3)18-20(27)25-22(29)26(21(18)28)15-7-5-14(23)6-8-15/h5-10,28H,11H2,1-4H3,(H,25,27,29). The average molecular weight is 504 g/mol. The number of nitrogens with zero attached hydrogens (tertiary/aromatic N) is 2. The summed E-state index contributed by atoms with van der Waals surface area (Å²) < 4.78 is 17.8. The summed E-state index contributed by atoms with van der Waals surface area (Å²) in [7, 11) is 4.54. The SMILES string of the molecule is COc1cc(CN=C(C)c2c(O)n(-c3ccc(Br)cc3)c(=O)[nH]c2=O)cc(OC)c1OC. The van der Waals surface area contributed by atoms with Crippen molar-refractivity contribution in [2.75, 3.05) is 21.3 Å². The lowest BCUT2D eigenvalue weighted by molar-refractivity contribution is 0.324. The molecule has 9 nitrogen and oxygen atoms in total. The van der Waals surface area contributed by atoms with E-state index in [2.05, 4.69) is 25.9 Å². The Kier molecular flexibility index (Phi) is 7.04. The van der Waals surface area contributed by atoms with Gasteiger partial charge in [-0.3, -0.25) is 14.8 Å². The van der Waals surface area contributed by atoms with E-state index in [0.717, 1.165) is 14.6 Å². The zero-order valence-electron chi connectivity index (χ0n) is 17.9. The number of aromatic nitrogens is 2. The van der Waals surface area contributed by atoms with E-state index in [1.807, 2.05) is 0 Å². The molecular weight excluding hydrogens is 482 g/mol. The molecule has 0 atom stereocenters. The summed E-state index contributed by atoms with van der Waals surface area (Å²) in [5.74, 6) is 0.903. The number of nitrogens with one attached hydrogen (secondary N) is 1. The van der Waals surface area contributed by atoms with Crippen molar-refractivity contribution in [2.24, 2.45) is 4.99 Å². The lowest BCUT2D eigenvalue weighted by atomic mass is 10.1. The van der Waals surface area contributed by atoms with Crippen molar-refractivity contribution in [3.8, 4) is 28.8 Å². The minimum Gasteiger partial charge on any atom is -0.493 e. The summed E-state index contributed by atoms with van der Waals surface area (Å²) in [5, 5.41) is 10.8. The predicted octanol–water partition coefficient (Wildman–Crippen LogP) is 3.03. The van der Waals surface area contributed by atoms with Crippen molar-refractivity contribution in [3.63, 3.8) is 0 Å². The molecule has 1 heterocycles. The molecule has 3 aromatic rings. The van der Waals surface area contributed by atoms with Crippen molar-refractivity contribution in [1.29, 1.82) is 0 Å². The number of aliphatic imine (C=N–C) groups is 1. The van der Waals surface area contributed by atoms with Gasteiger partial charge in [0.15, 0.2) is 11.5 Å². The number of aromatic hydroxyl groups is 1. The summed E-state index contributed by atoms with van der Waals surface area (Å²) in [6.07, 6.45) is 0. The molecule has 10 heteroatoms. The number of ether oxygens (including phenoxy) is 3. The van der Waals surface area contributed by atoms with E-state index in [4.69, 9.17) is 14.2 Å². The lowest BCUT2D eigenvalue weighted by Crippen LogP contribution is -2.32. The summed E-state index contributed by atoms with van der Waals surface area (Å²) in [6, 6.07) is 10.2. The van der Waals surface area contributed by atoms with Gasteiger partial charge in [-0.25, -0.2) is 9.36 Å². The fourth-order valence-electron chi connectivity index (χ4n) is 3.20. The molecule has 0 amide bonds. The molecule has 3 rings (SSSR count). The van der Waals surface area contributed by atoms with Crippen LogP contribution in [0, 0.1) is 0 Å². The monoisotopic (exact) mass is 503 g/mol. The van der Waals surface area contributed by atoms with Gasteiger partial charge in [0, 0.05) is 4.47 Å². The fraction of sp³-hybridized carbons (Fsp3) is 0.227. The summed E-state index contributed by atoms with van der Waals surface area (Å²) in [4.78, 5) is 31.5. The van der Waals surface area contributed by atoms with Crippen LogP contribution in [0.3, 0.4) is 0 Å². The first kappa shape index (κ1) is 23.1. The van der Waals surface area contributed by atoms with Crippen molar-refractivity contribution >= 4 is 21.6 Å². The largest absolute Gasteiger partial charge is 0.493 e. The van der Waals surface area contributed by atoms with Gasteiger partial charge in [0.2, 0.25) is 11.6 Å². The minimum atomic E-state index is -0.754. The molecule has 0 spiro atoms. The molecule has 0 bridgehead atoms. The van der Waals surface area contributed by atoms with Gasteiger partial charge in [0.05, 0.1) is 39.3 Å². The van der Waals surface area contributed by atoms with E-state index in [0.29, 0.717) is 22.9 Å². The second-order valence-electron chi connectivity index (χ2n) is 6.70. The van der Waals surface area contributed by atoms with Crippen molar-refractivity contribution in [2.45, 2.75) is 13.5 Å². The van der Waals surface area contributed by atoms with Crippen molar-refractivity contribution < 1.29 is 19.3 Å². The summed E-state index contributed by atoms with van der Waals surface area (Å²) in [6.45, 7) is 1.75. The molecule has 0 aliphatic carbocycles. The zero-order chi connectivity index (χ0) is 23.4. The van der Waals surface area contributed by atoms with Crippen LogP contribution in [0.25, 0.3) is 5.69 Å². The molecule has 0 aliphatic rings. The first-order valence-electron chi connectivity index (χ1n) is 9.45. The van der Waals surface area contributed by atoms with Crippen LogP contribution in [0.15, 0.2) is 55.5 Å². The fourth-order valence-corrected chi connectivity index (χ4v) is 3.46. The van der Waals surface area contributed by atoms with Gasteiger partial charge in [0.1, 0.15) is 5.56 Å². The number of hydrogen-bond donors (Lipinski definition) is 2. The van der Waals surface area contributed by atoms with E-state index in [1.54, 1.807) is 43.3 Å². The van der Waals surface area contributed by atoms with E-state index in [9.17, 15) is 14.7 Å². The van der Waals surface area contributed by atoms with E-state index < -0.39 is 17.1 Å². The van der Waals surface area contributed by atoms with Crippen LogP contribution < -0.4 is 25.5 Å². The van der Waals surface area contributed by atoms with E-state index >= 15 is 0 Å². The van der Waals surface area contributed by atoms with Gasteiger partial charge in [0.25, 0.3) is 5.56 Å². The topological polar surface area (TPSA) is 115 Å². The molecular formula is C22H22BrN3O6. The van der Waals surface area contributed by atoms with Crippen molar-refractivity contribution in [1.82, 2.24) is 9.55 Å². The maximum atomic E-state index is 12.5. The zero-order valence-corrected chi connectivity index (χ0v) is 19.5. The minimum absolute atomic E-state index is 0.0973. The molecule has 0 saturated heterocycles. The third-order valence-electron chi connectivity index (χ3n) is 4.76. The molecule has 2 aromatic carbocycles. The third kappa shape index (κ3) is 4.54. The molecule has 0 unspecified atom stereocenters. The summed E-state index contributed by atoms with van der Waals surface area (Å²) in [5.41, 5.74) is -0.201. The number of halogens is 1. The summed E-state index contributed by atoms with van der Waals surface area (Å²) >= 11 is 3.32. The first-order chi connectivity index (χ1) is 15.3. The molecule has 32 heavy (non-hydrogen) atoms. The number of aromatic amines is 1. The van der Waals surface area contributed by atoms with Crippen LogP contribution in [-0.2, 0) is 6.54 Å². The normalized spacial score (nSPS) is 11.3. The highest BCUT2D eigenvalue weighted by atomic mass is 79.9. The number of hydrogen-bond acceptors (Lipinski definition) is 7. The van der Waals surface area contributed by atoms with Crippen LogP contribution in [0.2, 0.25) is 0 Å². The Labute approximate surface area is 192 Å². The highest BCUT2D eigenvalue weighted by Crippen LogP contribution is 2.38. The second-order valence-corrected chi connectivity index (χ2v) is 7.62. The molecule has 1 aromatic heterocycles. The highest BCUT2D eigenvalue weighted by molar-refractivity contribution is 9.10. The Balaban J connectivity index is 2.04. The van der Waals surface area contributed by atoms with Gasteiger partial charge < -0.3 is 19.3 Å². The Bertz CT molecular complexity index is 1250. The second kappa shape index (κ2) is 9.73. The Hall–Kier alpha value is -3.53. The first-order valence-corrected chi connectivity index (χ1v) is 10.2. The number of H-pyrrole nitrogens is 1. The van der Waals surface area contributed by atoms with E-state index in [1.165, 1.54) is 21.3 Å². The maximum Gasteiger partial charge on any atom is 0.335 e. The molecule has 0 radical (unpaired) electrons. The van der Waals surface area contributed by atoms with Crippen molar-refractivity contribution in [3.05, 3.63) is 72.8 Å². The van der Waals surface area contributed by atoms with Gasteiger partial charge in [-0.2, -0.15) is 0 Å². The van der Waals surface area contributed by atoms with Gasteiger partial charge in [-0.1, -0.05) is 15.9 Å². The molecule has 2 N–H and O–H groups in total. The van der Waals surface area contributed by atoms with Crippen LogP contribution in [0.5, 0.6) is 23.1 Å². The highest BCUT2D eigenvalue weighted by Gasteiger charge is 2.18. The van der Waals surface area contributed by atoms with Crippen LogP contribution in [0.1, 0.15) is 18.1 Å². The average Bonchev–Trinajstić information content (AvgIpc) is 2.77. The molecule has 0 aliphatic heterocycles. The maximum absolute atomic E-state index is 12.5. The Morgan fingerprint density at radius 2 is 1.66 bits per heavy atom. The number of rotatable bonds is 7. The number of benzene rings is 2. The molecule has 168 valence electrons. The van der Waals surface area contributed by atoms with Crippen LogP contribution in [-0.4, -0.2) is 41.7 Å². The van der Waals surface area contributed by atoms with Gasteiger partial charge in [-0.05, 0) is 48.9 Å². The van der Waals surface area contributed by atoms with Crippen LogP contribution >= 0.6 is 15.9 Å². The quantitative estimate of drug-likeness (QED) is 0.478. The predicted molar refractivity (Wildman–Crippen MR) is 124 cm³/mol. The Morgan fingerprint density at radius 1 is 1.06 bits per heavy atom. The number of methoxy groups -OCH3 is 3. The molecule has 0 saturated carbocycles. The third-order valence-corrected chi connectivity index (χ3v) is 5.28. The van der Waals surface area contributed by atoms with Gasteiger partial charge >= 0.3 is 5.69 Å².